The molecule has 0 radical (unpaired) electrons. The van der Waals surface area contributed by atoms with Gasteiger partial charge in [0.1, 0.15) is 10.7 Å². The molecule has 13 heavy (non-hydrogen) atoms. The molecule has 0 amide bonds. The van der Waals surface area contributed by atoms with Gasteiger partial charge in [-0.2, -0.15) is 0 Å². The van der Waals surface area contributed by atoms with Gasteiger partial charge in [0, 0.05) is 0 Å². The van der Waals surface area contributed by atoms with Gasteiger partial charge in [-0.3, -0.25) is 0 Å². The van der Waals surface area contributed by atoms with Crippen LogP contribution in [0, 0.1) is 5.82 Å². The molecule has 0 fully saturated rings. The Bertz CT molecular complexity index is 319. The van der Waals surface area contributed by atoms with Crippen LogP contribution in [0.3, 0.4) is 0 Å². The molecule has 0 aromatic carbocycles. The van der Waals surface area contributed by atoms with Gasteiger partial charge in [0.25, 0.3) is 6.43 Å². The normalized spacial score (nSPS) is 10.6. The maximum Gasteiger partial charge on any atom is 0.281 e. The lowest BCUT2D eigenvalue weighted by Gasteiger charge is -2.06. The largest absolute Gasteiger partial charge is 0.492 e. The lowest BCUT2D eigenvalue weighted by Crippen LogP contribution is -1.97. The van der Waals surface area contributed by atoms with Crippen LogP contribution in [0.15, 0.2) is 6.20 Å². The number of pyridine rings is 1. The Morgan fingerprint density at radius 1 is 1.54 bits per heavy atom. The summed E-state index contributed by atoms with van der Waals surface area (Å²) in [6, 6.07) is 0. The van der Waals surface area contributed by atoms with Gasteiger partial charge in [-0.25, -0.2) is 18.2 Å². The Morgan fingerprint density at radius 3 is 2.62 bits per heavy atom. The van der Waals surface area contributed by atoms with E-state index in [2.05, 4.69) is 9.72 Å². The van der Waals surface area contributed by atoms with Crippen LogP contribution >= 0.6 is 11.6 Å². The van der Waals surface area contributed by atoms with E-state index in [1.807, 2.05) is 0 Å². The van der Waals surface area contributed by atoms with E-state index in [9.17, 15) is 13.2 Å². The Kier molecular flexibility index (Phi) is 2.98. The Hall–Kier alpha value is -0.970. The highest BCUT2D eigenvalue weighted by Crippen LogP contribution is 2.31. The summed E-state index contributed by atoms with van der Waals surface area (Å²) in [5.41, 5.74) is -0.778. The molecule has 0 N–H and O–H groups in total. The van der Waals surface area contributed by atoms with Gasteiger partial charge in [-0.15, -0.1) is 0 Å². The van der Waals surface area contributed by atoms with Crippen molar-refractivity contribution in [3.8, 4) is 5.75 Å². The summed E-state index contributed by atoms with van der Waals surface area (Å²) in [5, 5.41) is -0.700. The SMILES string of the molecule is COc1cnc(C(F)F)c(Cl)c1F. The first-order chi connectivity index (χ1) is 6.07. The molecule has 0 saturated carbocycles. The second-order valence-corrected chi connectivity index (χ2v) is 2.52. The summed E-state index contributed by atoms with van der Waals surface area (Å²) >= 11 is 5.27. The summed E-state index contributed by atoms with van der Waals surface area (Å²) in [6.45, 7) is 0. The number of nitrogens with zero attached hydrogens (tertiary/aromatic N) is 1. The molecule has 0 saturated heterocycles. The van der Waals surface area contributed by atoms with Crippen molar-refractivity contribution in [2.24, 2.45) is 0 Å². The predicted octanol–water partition coefficient (Wildman–Crippen LogP) is 2.82. The minimum atomic E-state index is -2.90. The number of hydrogen-bond donors (Lipinski definition) is 0. The fraction of sp³-hybridized carbons (Fsp3) is 0.286. The van der Waals surface area contributed by atoms with E-state index in [0.717, 1.165) is 6.20 Å². The standard InChI is InChI=1S/C7H5ClF3NO/c1-13-3-2-12-6(7(10)11)4(8)5(3)9/h2,7H,1H3. The Morgan fingerprint density at radius 2 is 2.15 bits per heavy atom. The van der Waals surface area contributed by atoms with E-state index in [-0.39, 0.29) is 5.75 Å². The third-order valence-corrected chi connectivity index (χ3v) is 1.74. The predicted molar refractivity (Wildman–Crippen MR) is 40.7 cm³/mol. The highest BCUT2D eigenvalue weighted by atomic mass is 35.5. The van der Waals surface area contributed by atoms with Gasteiger partial charge in [0.05, 0.1) is 13.3 Å². The molecule has 0 bridgehead atoms. The average Bonchev–Trinajstić information content (AvgIpc) is 2.09. The number of alkyl halides is 2. The second kappa shape index (κ2) is 3.83. The average molecular weight is 212 g/mol. The molecule has 0 unspecified atom stereocenters. The smallest absolute Gasteiger partial charge is 0.281 e. The number of methoxy groups -OCH3 is 1. The van der Waals surface area contributed by atoms with Gasteiger partial charge in [-0.1, -0.05) is 11.6 Å². The molecule has 0 aliphatic carbocycles. The fourth-order valence-electron chi connectivity index (χ4n) is 0.757. The van der Waals surface area contributed by atoms with Crippen molar-refractivity contribution in [2.45, 2.75) is 6.43 Å². The van der Waals surface area contributed by atoms with Gasteiger partial charge < -0.3 is 4.74 Å². The molecule has 6 heteroatoms. The molecule has 72 valence electrons. The second-order valence-electron chi connectivity index (χ2n) is 2.14. The number of halogens is 4. The van der Waals surface area contributed by atoms with Crippen molar-refractivity contribution in [3.05, 3.63) is 22.7 Å². The van der Waals surface area contributed by atoms with E-state index in [4.69, 9.17) is 11.6 Å². The Labute approximate surface area is 77.3 Å². The summed E-state index contributed by atoms with van der Waals surface area (Å²) in [4.78, 5) is 3.26. The first-order valence-electron chi connectivity index (χ1n) is 3.24. The van der Waals surface area contributed by atoms with Crippen LogP contribution in [0.1, 0.15) is 12.1 Å². The van der Waals surface area contributed by atoms with Crippen molar-refractivity contribution >= 4 is 11.6 Å². The zero-order valence-corrected chi connectivity index (χ0v) is 7.28. The van der Waals surface area contributed by atoms with E-state index < -0.39 is 23.0 Å². The molecular formula is C7H5ClF3NO. The maximum absolute atomic E-state index is 13.0. The van der Waals surface area contributed by atoms with Crippen molar-refractivity contribution in [1.82, 2.24) is 4.98 Å². The lowest BCUT2D eigenvalue weighted by molar-refractivity contribution is 0.145. The van der Waals surface area contributed by atoms with Crippen LogP contribution in [0.5, 0.6) is 5.75 Å². The summed E-state index contributed by atoms with van der Waals surface area (Å²) in [6.07, 6.45) is -2.03. The Balaban J connectivity index is 3.23. The van der Waals surface area contributed by atoms with Crippen molar-refractivity contribution in [1.29, 1.82) is 0 Å². The van der Waals surface area contributed by atoms with Crippen LogP contribution in [-0.4, -0.2) is 12.1 Å². The molecule has 1 rings (SSSR count). The monoisotopic (exact) mass is 211 g/mol. The molecule has 0 spiro atoms. The zero-order valence-electron chi connectivity index (χ0n) is 6.52. The molecule has 2 nitrogen and oxygen atoms in total. The third-order valence-electron chi connectivity index (χ3n) is 1.38. The summed E-state index contributed by atoms with van der Waals surface area (Å²) in [5.74, 6) is -1.27. The van der Waals surface area contributed by atoms with E-state index in [0.29, 0.717) is 0 Å². The number of rotatable bonds is 2. The zero-order chi connectivity index (χ0) is 10.0. The number of ether oxygens (including phenoxy) is 1. The summed E-state index contributed by atoms with van der Waals surface area (Å²) in [7, 11) is 1.19. The van der Waals surface area contributed by atoms with Crippen LogP contribution in [-0.2, 0) is 0 Å². The van der Waals surface area contributed by atoms with Gasteiger partial charge in [0.15, 0.2) is 11.6 Å². The van der Waals surface area contributed by atoms with Crippen LogP contribution in [0.4, 0.5) is 13.2 Å². The van der Waals surface area contributed by atoms with E-state index in [1.165, 1.54) is 7.11 Å². The first kappa shape index (κ1) is 10.1. The molecular weight excluding hydrogens is 207 g/mol. The number of hydrogen-bond acceptors (Lipinski definition) is 2. The van der Waals surface area contributed by atoms with E-state index >= 15 is 0 Å². The van der Waals surface area contributed by atoms with Crippen molar-refractivity contribution in [2.75, 3.05) is 7.11 Å². The van der Waals surface area contributed by atoms with Gasteiger partial charge in [0.2, 0.25) is 0 Å². The molecule has 0 aliphatic rings. The topological polar surface area (TPSA) is 22.1 Å². The molecule has 0 aliphatic heterocycles. The summed E-state index contributed by atoms with van der Waals surface area (Å²) < 4.78 is 41.7. The van der Waals surface area contributed by atoms with Gasteiger partial charge >= 0.3 is 0 Å². The third kappa shape index (κ3) is 1.85. The fourth-order valence-corrected chi connectivity index (χ4v) is 0.981. The van der Waals surface area contributed by atoms with Crippen molar-refractivity contribution < 1.29 is 17.9 Å². The van der Waals surface area contributed by atoms with E-state index in [1.54, 1.807) is 0 Å². The first-order valence-corrected chi connectivity index (χ1v) is 3.61. The number of aromatic nitrogens is 1. The van der Waals surface area contributed by atoms with Crippen molar-refractivity contribution in [3.63, 3.8) is 0 Å². The molecule has 1 heterocycles. The molecule has 0 atom stereocenters. The van der Waals surface area contributed by atoms with Crippen LogP contribution < -0.4 is 4.74 Å². The highest BCUT2D eigenvalue weighted by molar-refractivity contribution is 6.31. The molecule has 1 aromatic rings. The highest BCUT2D eigenvalue weighted by Gasteiger charge is 2.19. The maximum atomic E-state index is 13.0. The minimum absolute atomic E-state index is 0.255. The quantitative estimate of drug-likeness (QED) is 0.751. The molecule has 1 aromatic heterocycles. The lowest BCUT2D eigenvalue weighted by atomic mass is 10.3. The van der Waals surface area contributed by atoms with Gasteiger partial charge in [-0.05, 0) is 0 Å². The van der Waals surface area contributed by atoms with Crippen LogP contribution in [0.2, 0.25) is 5.02 Å². The van der Waals surface area contributed by atoms with Crippen LogP contribution in [0.25, 0.3) is 0 Å². The minimum Gasteiger partial charge on any atom is -0.492 e.